The number of nitrogens with zero attached hydrogens (tertiary/aromatic N) is 2. The van der Waals surface area contributed by atoms with Crippen LogP contribution in [0.25, 0.3) is 0 Å². The maximum Gasteiger partial charge on any atom is 0.287 e. The Morgan fingerprint density at radius 1 is 1.71 bits per heavy atom. The summed E-state index contributed by atoms with van der Waals surface area (Å²) < 4.78 is 4.71. The average molecular weight is 198 g/mol. The number of aliphatic hydroxyl groups is 1. The molecular weight excluding hydrogens is 188 g/mol. The van der Waals surface area contributed by atoms with Crippen LogP contribution in [-0.2, 0) is 4.74 Å². The largest absolute Gasteiger partial charge is 0.384 e. The molecule has 0 aromatic carbocycles. The van der Waals surface area contributed by atoms with E-state index in [1.54, 1.807) is 0 Å². The van der Waals surface area contributed by atoms with Crippen LogP contribution in [0.15, 0.2) is 18.3 Å². The number of hydrogen-bond acceptors (Lipinski definition) is 5. The van der Waals surface area contributed by atoms with Crippen molar-refractivity contribution in [3.63, 3.8) is 0 Å². The predicted molar refractivity (Wildman–Crippen MR) is 47.7 cm³/mol. The van der Waals surface area contributed by atoms with Gasteiger partial charge in [0.05, 0.1) is 17.2 Å². The van der Waals surface area contributed by atoms with E-state index in [1.165, 1.54) is 19.2 Å². The summed E-state index contributed by atoms with van der Waals surface area (Å²) in [6.07, 6.45) is 0.259. The van der Waals surface area contributed by atoms with E-state index in [0.717, 1.165) is 6.20 Å². The number of methoxy groups -OCH3 is 1. The van der Waals surface area contributed by atoms with Gasteiger partial charge in [0.25, 0.3) is 5.69 Å². The fourth-order valence-corrected chi connectivity index (χ4v) is 0.946. The Hall–Kier alpha value is -1.53. The molecule has 0 saturated carbocycles. The smallest absolute Gasteiger partial charge is 0.287 e. The quantitative estimate of drug-likeness (QED) is 0.567. The Morgan fingerprint density at radius 2 is 2.43 bits per heavy atom. The Balaban J connectivity index is 2.77. The molecule has 1 aromatic heterocycles. The van der Waals surface area contributed by atoms with Crippen LogP contribution < -0.4 is 0 Å². The summed E-state index contributed by atoms with van der Waals surface area (Å²) in [6, 6.07) is 2.70. The molecule has 0 aliphatic carbocycles. The van der Waals surface area contributed by atoms with Crippen molar-refractivity contribution in [3.8, 4) is 0 Å². The lowest BCUT2D eigenvalue weighted by atomic mass is 10.2. The van der Waals surface area contributed by atoms with Crippen molar-refractivity contribution in [2.45, 2.75) is 6.10 Å². The van der Waals surface area contributed by atoms with E-state index in [0.29, 0.717) is 5.69 Å². The molecule has 0 aliphatic heterocycles. The van der Waals surface area contributed by atoms with E-state index in [4.69, 9.17) is 4.74 Å². The van der Waals surface area contributed by atoms with Gasteiger partial charge in [-0.25, -0.2) is 0 Å². The molecule has 1 atom stereocenters. The second-order valence-electron chi connectivity index (χ2n) is 2.67. The fraction of sp³-hybridized carbons (Fsp3) is 0.375. The first-order valence-corrected chi connectivity index (χ1v) is 3.92. The summed E-state index contributed by atoms with van der Waals surface area (Å²) in [4.78, 5) is 13.5. The second-order valence-corrected chi connectivity index (χ2v) is 2.67. The lowest BCUT2D eigenvalue weighted by Crippen LogP contribution is -2.07. The highest BCUT2D eigenvalue weighted by Crippen LogP contribution is 2.14. The zero-order chi connectivity index (χ0) is 10.6. The van der Waals surface area contributed by atoms with Crippen molar-refractivity contribution >= 4 is 5.69 Å². The minimum absolute atomic E-state index is 0.0987. The van der Waals surface area contributed by atoms with Gasteiger partial charge in [-0.05, 0) is 6.07 Å². The summed E-state index contributed by atoms with van der Waals surface area (Å²) in [5.41, 5.74) is 0.260. The number of aliphatic hydroxyl groups excluding tert-OH is 1. The highest BCUT2D eigenvalue weighted by Gasteiger charge is 2.11. The molecule has 0 bridgehead atoms. The van der Waals surface area contributed by atoms with Crippen molar-refractivity contribution in [2.24, 2.45) is 0 Å². The van der Waals surface area contributed by atoms with Gasteiger partial charge in [-0.2, -0.15) is 0 Å². The van der Waals surface area contributed by atoms with Gasteiger partial charge in [0, 0.05) is 13.2 Å². The molecule has 6 nitrogen and oxygen atoms in total. The van der Waals surface area contributed by atoms with Crippen molar-refractivity contribution in [1.29, 1.82) is 0 Å². The average Bonchev–Trinajstić information content (AvgIpc) is 2.18. The highest BCUT2D eigenvalue weighted by atomic mass is 16.6. The lowest BCUT2D eigenvalue weighted by molar-refractivity contribution is -0.385. The fourth-order valence-electron chi connectivity index (χ4n) is 0.946. The molecule has 1 N–H and O–H groups in total. The van der Waals surface area contributed by atoms with Gasteiger partial charge in [0.15, 0.2) is 0 Å². The van der Waals surface area contributed by atoms with Crippen LogP contribution >= 0.6 is 0 Å². The molecule has 0 saturated heterocycles. The number of pyridine rings is 1. The van der Waals surface area contributed by atoms with Crippen LogP contribution in [0.2, 0.25) is 0 Å². The van der Waals surface area contributed by atoms with Gasteiger partial charge >= 0.3 is 0 Å². The number of ether oxygens (including phenoxy) is 1. The first kappa shape index (κ1) is 10.6. The molecule has 0 fully saturated rings. The van der Waals surface area contributed by atoms with E-state index >= 15 is 0 Å². The molecule has 0 aliphatic rings. The van der Waals surface area contributed by atoms with Gasteiger partial charge in [-0.1, -0.05) is 0 Å². The van der Waals surface area contributed by atoms with Crippen molar-refractivity contribution in [2.75, 3.05) is 13.7 Å². The summed E-state index contributed by atoms with van der Waals surface area (Å²) in [5.74, 6) is 0. The molecule has 6 heteroatoms. The number of nitro groups is 1. The van der Waals surface area contributed by atoms with Crippen LogP contribution in [0.1, 0.15) is 11.8 Å². The zero-order valence-electron chi connectivity index (χ0n) is 7.58. The Bertz CT molecular complexity index is 312. The summed E-state index contributed by atoms with van der Waals surface area (Å²) in [7, 11) is 1.45. The first-order chi connectivity index (χ1) is 6.65. The first-order valence-electron chi connectivity index (χ1n) is 3.92. The SMILES string of the molecule is COC[C@H](O)c1ccc([N+](=O)[O-])cn1. The minimum Gasteiger partial charge on any atom is -0.384 e. The van der Waals surface area contributed by atoms with Crippen LogP contribution in [0.3, 0.4) is 0 Å². The van der Waals surface area contributed by atoms with Crippen LogP contribution in [0.5, 0.6) is 0 Å². The van der Waals surface area contributed by atoms with Gasteiger partial charge in [-0.3, -0.25) is 15.1 Å². The van der Waals surface area contributed by atoms with Gasteiger partial charge in [0.1, 0.15) is 12.3 Å². The number of rotatable bonds is 4. The van der Waals surface area contributed by atoms with Crippen molar-refractivity contribution < 1.29 is 14.8 Å². The van der Waals surface area contributed by atoms with Crippen molar-refractivity contribution in [1.82, 2.24) is 4.98 Å². The second kappa shape index (κ2) is 4.64. The molecule has 1 heterocycles. The lowest BCUT2D eigenvalue weighted by Gasteiger charge is -2.07. The number of aromatic nitrogens is 1. The maximum atomic E-state index is 10.3. The minimum atomic E-state index is -0.846. The molecule has 1 aromatic rings. The zero-order valence-corrected chi connectivity index (χ0v) is 7.58. The monoisotopic (exact) mass is 198 g/mol. The standard InChI is InChI=1S/C8H10N2O4/c1-14-5-8(11)7-3-2-6(4-9-7)10(12)13/h2-4,8,11H,5H2,1H3/t8-/m0/s1. The highest BCUT2D eigenvalue weighted by molar-refractivity contribution is 5.27. The molecule has 0 spiro atoms. The molecule has 0 amide bonds. The molecule has 14 heavy (non-hydrogen) atoms. The Morgan fingerprint density at radius 3 is 2.86 bits per heavy atom. The number of hydrogen-bond donors (Lipinski definition) is 1. The molecular formula is C8H10N2O4. The third-order valence-electron chi connectivity index (χ3n) is 1.65. The normalized spacial score (nSPS) is 12.4. The van der Waals surface area contributed by atoms with E-state index < -0.39 is 11.0 Å². The molecule has 1 rings (SSSR count). The topological polar surface area (TPSA) is 85.5 Å². The van der Waals surface area contributed by atoms with Crippen molar-refractivity contribution in [3.05, 3.63) is 34.1 Å². The van der Waals surface area contributed by atoms with Gasteiger partial charge in [-0.15, -0.1) is 0 Å². The Kier molecular flexibility index (Phi) is 3.49. The summed E-state index contributed by atoms with van der Waals surface area (Å²) in [5, 5.41) is 19.7. The van der Waals surface area contributed by atoms with E-state index in [2.05, 4.69) is 4.98 Å². The summed E-state index contributed by atoms with van der Waals surface area (Å²) in [6.45, 7) is 0.116. The van der Waals surface area contributed by atoms with Gasteiger partial charge < -0.3 is 9.84 Å². The van der Waals surface area contributed by atoms with E-state index in [9.17, 15) is 15.2 Å². The molecule has 0 radical (unpaired) electrons. The molecule has 0 unspecified atom stereocenters. The third kappa shape index (κ3) is 2.48. The predicted octanol–water partition coefficient (Wildman–Crippen LogP) is 0.670. The van der Waals surface area contributed by atoms with Crippen LogP contribution in [0, 0.1) is 10.1 Å². The van der Waals surface area contributed by atoms with E-state index in [1.807, 2.05) is 0 Å². The molecule has 76 valence electrons. The van der Waals surface area contributed by atoms with E-state index in [-0.39, 0.29) is 12.3 Å². The maximum absolute atomic E-state index is 10.3. The Labute approximate surface area is 80.3 Å². The third-order valence-corrected chi connectivity index (χ3v) is 1.65. The van der Waals surface area contributed by atoms with Gasteiger partial charge in [0.2, 0.25) is 0 Å². The van der Waals surface area contributed by atoms with Crippen LogP contribution in [0.4, 0.5) is 5.69 Å². The van der Waals surface area contributed by atoms with Crippen LogP contribution in [-0.4, -0.2) is 28.7 Å². The summed E-state index contributed by atoms with van der Waals surface area (Å²) >= 11 is 0.